The number of likely N-dealkylation sites (tertiary alicyclic amines) is 2. The van der Waals surface area contributed by atoms with Crippen molar-refractivity contribution >= 4 is 5.91 Å². The summed E-state index contributed by atoms with van der Waals surface area (Å²) in [4.78, 5) is 20.5. The maximum absolute atomic E-state index is 12.1. The summed E-state index contributed by atoms with van der Waals surface area (Å²) in [7, 11) is 0. The average molecular weight is 345 g/mol. The first-order valence-electron chi connectivity index (χ1n) is 9.37. The Morgan fingerprint density at radius 3 is 2.80 bits per heavy atom. The third-order valence-electron chi connectivity index (χ3n) is 5.53. The van der Waals surface area contributed by atoms with Crippen LogP contribution in [0.2, 0.25) is 0 Å². The highest BCUT2D eigenvalue weighted by molar-refractivity contribution is 5.77. The van der Waals surface area contributed by atoms with E-state index in [1.807, 2.05) is 17.3 Å². The number of carbonyl (C=O) groups is 1. The summed E-state index contributed by atoms with van der Waals surface area (Å²) in [6.45, 7) is 5.55. The van der Waals surface area contributed by atoms with Crippen molar-refractivity contribution in [1.29, 1.82) is 0 Å². The Morgan fingerprint density at radius 2 is 2.04 bits per heavy atom. The molecule has 3 fully saturated rings. The predicted molar refractivity (Wildman–Crippen MR) is 93.0 cm³/mol. The quantitative estimate of drug-likeness (QED) is 0.809. The van der Waals surface area contributed by atoms with E-state index in [9.17, 15) is 4.79 Å². The van der Waals surface area contributed by atoms with Crippen molar-refractivity contribution in [3.63, 3.8) is 0 Å². The van der Waals surface area contributed by atoms with E-state index in [0.29, 0.717) is 0 Å². The number of ether oxygens (including phenoxy) is 2. The van der Waals surface area contributed by atoms with Crippen molar-refractivity contribution in [2.45, 2.75) is 43.9 Å². The minimum atomic E-state index is -0.0767. The van der Waals surface area contributed by atoms with Crippen LogP contribution in [0.1, 0.15) is 31.2 Å². The lowest BCUT2D eigenvalue weighted by molar-refractivity contribution is -0.200. The van der Waals surface area contributed by atoms with Crippen LogP contribution < -0.4 is 0 Å². The average Bonchev–Trinajstić information content (AvgIpc) is 3.14. The van der Waals surface area contributed by atoms with Gasteiger partial charge >= 0.3 is 0 Å². The summed E-state index contributed by atoms with van der Waals surface area (Å²) < 4.78 is 12.0. The summed E-state index contributed by atoms with van der Waals surface area (Å²) in [5.74, 6) is 0.144. The molecule has 0 aromatic carbocycles. The van der Waals surface area contributed by atoms with E-state index in [1.165, 1.54) is 5.56 Å². The molecule has 3 aliphatic rings. The van der Waals surface area contributed by atoms with Gasteiger partial charge in [-0.3, -0.25) is 14.7 Å². The molecule has 4 rings (SSSR count). The first-order valence-corrected chi connectivity index (χ1v) is 9.37. The summed E-state index contributed by atoms with van der Waals surface area (Å²) in [6.07, 6.45) is 7.85. The Bertz CT molecular complexity index is 583. The van der Waals surface area contributed by atoms with Gasteiger partial charge in [-0.15, -0.1) is 0 Å². The number of rotatable bonds is 5. The molecule has 0 saturated carbocycles. The van der Waals surface area contributed by atoms with Crippen molar-refractivity contribution in [2.24, 2.45) is 0 Å². The molecule has 3 saturated heterocycles. The largest absolute Gasteiger partial charge is 0.372 e. The van der Waals surface area contributed by atoms with Gasteiger partial charge in [0.2, 0.25) is 5.91 Å². The van der Waals surface area contributed by atoms with Crippen LogP contribution in [-0.2, 0) is 20.8 Å². The lowest BCUT2D eigenvalue weighted by atomic mass is 9.84. The fraction of sp³-hybridized carbons (Fsp3) is 0.684. The number of aromatic nitrogens is 1. The van der Waals surface area contributed by atoms with Crippen molar-refractivity contribution in [3.8, 4) is 0 Å². The van der Waals surface area contributed by atoms with Crippen LogP contribution >= 0.6 is 0 Å². The lowest BCUT2D eigenvalue weighted by Crippen LogP contribution is -2.65. The van der Waals surface area contributed by atoms with Gasteiger partial charge in [0.15, 0.2) is 0 Å². The second-order valence-electron chi connectivity index (χ2n) is 7.55. The molecule has 3 aliphatic heterocycles. The molecule has 25 heavy (non-hydrogen) atoms. The Kier molecular flexibility index (Phi) is 5.01. The predicted octanol–water partition coefficient (Wildman–Crippen LogP) is 1.45. The number of amides is 1. The standard InChI is InChI=1S/C19H27N3O3/c23-18(22-8-1-2-9-22)13-24-17-5-10-25-19(11-17)14-21(15-19)12-16-3-6-20-7-4-16/h3-4,6-7,17H,1-2,5,8-15H2/t17-/m0/s1. The van der Waals surface area contributed by atoms with Crippen LogP contribution in [0.4, 0.5) is 0 Å². The SMILES string of the molecule is O=C(CO[C@H]1CCOC2(C1)CN(Cc1ccncc1)C2)N1CCCC1. The van der Waals surface area contributed by atoms with Crippen LogP contribution in [-0.4, -0.2) is 71.8 Å². The summed E-state index contributed by atoms with van der Waals surface area (Å²) in [5, 5.41) is 0. The number of hydrogen-bond donors (Lipinski definition) is 0. The third kappa shape index (κ3) is 4.02. The minimum Gasteiger partial charge on any atom is -0.372 e. The highest BCUT2D eigenvalue weighted by Crippen LogP contribution is 2.36. The molecule has 0 aliphatic carbocycles. The van der Waals surface area contributed by atoms with E-state index in [-0.39, 0.29) is 24.2 Å². The van der Waals surface area contributed by atoms with E-state index in [4.69, 9.17) is 9.47 Å². The zero-order valence-corrected chi connectivity index (χ0v) is 14.7. The molecule has 0 unspecified atom stereocenters. The van der Waals surface area contributed by atoms with Crippen molar-refractivity contribution in [2.75, 3.05) is 39.4 Å². The topological polar surface area (TPSA) is 54.9 Å². The molecule has 1 aromatic rings. The zero-order chi connectivity index (χ0) is 17.1. The highest BCUT2D eigenvalue weighted by Gasteiger charge is 2.47. The van der Waals surface area contributed by atoms with Gasteiger partial charge in [0.1, 0.15) is 6.61 Å². The monoisotopic (exact) mass is 345 g/mol. The highest BCUT2D eigenvalue weighted by atomic mass is 16.5. The van der Waals surface area contributed by atoms with Gasteiger partial charge in [0.25, 0.3) is 0 Å². The van der Waals surface area contributed by atoms with Crippen molar-refractivity contribution in [1.82, 2.24) is 14.8 Å². The van der Waals surface area contributed by atoms with Crippen LogP contribution in [0.5, 0.6) is 0 Å². The maximum Gasteiger partial charge on any atom is 0.248 e. The normalized spacial score (nSPS) is 25.9. The van der Waals surface area contributed by atoms with E-state index >= 15 is 0 Å². The van der Waals surface area contributed by atoms with Gasteiger partial charge in [-0.05, 0) is 37.0 Å². The molecule has 4 heterocycles. The Labute approximate surface area is 149 Å². The van der Waals surface area contributed by atoms with Crippen molar-refractivity contribution < 1.29 is 14.3 Å². The van der Waals surface area contributed by atoms with Gasteiger partial charge in [-0.2, -0.15) is 0 Å². The summed E-state index contributed by atoms with van der Waals surface area (Å²) in [5.41, 5.74) is 1.21. The number of carbonyl (C=O) groups excluding carboxylic acids is 1. The molecule has 0 radical (unpaired) electrons. The minimum absolute atomic E-state index is 0.0767. The van der Waals surface area contributed by atoms with E-state index in [2.05, 4.69) is 22.0 Å². The fourth-order valence-electron chi connectivity index (χ4n) is 4.22. The van der Waals surface area contributed by atoms with E-state index in [1.54, 1.807) is 0 Å². The molecule has 1 aromatic heterocycles. The molecular weight excluding hydrogens is 318 g/mol. The van der Waals surface area contributed by atoms with Gasteiger partial charge in [-0.25, -0.2) is 0 Å². The summed E-state index contributed by atoms with van der Waals surface area (Å²) in [6, 6.07) is 4.12. The third-order valence-corrected chi connectivity index (χ3v) is 5.53. The van der Waals surface area contributed by atoms with Gasteiger partial charge in [0, 0.05) is 58.1 Å². The molecule has 136 valence electrons. The van der Waals surface area contributed by atoms with Crippen LogP contribution in [0.3, 0.4) is 0 Å². The molecule has 1 amide bonds. The fourth-order valence-corrected chi connectivity index (χ4v) is 4.22. The second-order valence-corrected chi connectivity index (χ2v) is 7.55. The number of hydrogen-bond acceptors (Lipinski definition) is 5. The lowest BCUT2D eigenvalue weighted by Gasteiger charge is -2.53. The maximum atomic E-state index is 12.1. The van der Waals surface area contributed by atoms with Gasteiger partial charge in [0.05, 0.1) is 11.7 Å². The Hall–Kier alpha value is -1.50. The van der Waals surface area contributed by atoms with Gasteiger partial charge in [-0.1, -0.05) is 0 Å². The van der Waals surface area contributed by atoms with E-state index < -0.39 is 0 Å². The Morgan fingerprint density at radius 1 is 1.28 bits per heavy atom. The van der Waals surface area contributed by atoms with Crippen LogP contribution in [0.25, 0.3) is 0 Å². The molecule has 0 bridgehead atoms. The molecule has 6 nitrogen and oxygen atoms in total. The molecule has 0 N–H and O–H groups in total. The first-order chi connectivity index (χ1) is 12.2. The van der Waals surface area contributed by atoms with Crippen LogP contribution in [0.15, 0.2) is 24.5 Å². The Balaban J connectivity index is 1.22. The molecule has 1 atom stereocenters. The number of pyridine rings is 1. The van der Waals surface area contributed by atoms with Crippen LogP contribution in [0, 0.1) is 0 Å². The molecule has 1 spiro atoms. The first kappa shape index (κ1) is 16.9. The van der Waals surface area contributed by atoms with Crippen molar-refractivity contribution in [3.05, 3.63) is 30.1 Å². The molecule has 6 heteroatoms. The van der Waals surface area contributed by atoms with Gasteiger partial charge < -0.3 is 14.4 Å². The number of nitrogens with zero attached hydrogens (tertiary/aromatic N) is 3. The second kappa shape index (κ2) is 7.40. The zero-order valence-electron chi connectivity index (χ0n) is 14.7. The molecular formula is C19H27N3O3. The summed E-state index contributed by atoms with van der Waals surface area (Å²) >= 11 is 0. The van der Waals surface area contributed by atoms with E-state index in [0.717, 1.165) is 65.0 Å². The smallest absolute Gasteiger partial charge is 0.248 e.